The van der Waals surface area contributed by atoms with Gasteiger partial charge >= 0.3 is 6.03 Å². The summed E-state index contributed by atoms with van der Waals surface area (Å²) in [6, 6.07) is 4.04. The van der Waals surface area contributed by atoms with Gasteiger partial charge in [-0.05, 0) is 43.4 Å². The van der Waals surface area contributed by atoms with Crippen LogP contribution in [0, 0.1) is 12.8 Å². The van der Waals surface area contributed by atoms with Crippen molar-refractivity contribution in [2.75, 3.05) is 32.7 Å². The lowest BCUT2D eigenvalue weighted by Gasteiger charge is -2.33. The van der Waals surface area contributed by atoms with E-state index in [2.05, 4.69) is 10.3 Å². The van der Waals surface area contributed by atoms with Crippen LogP contribution in [0.5, 0.6) is 0 Å². The first-order chi connectivity index (χ1) is 12.1. The summed E-state index contributed by atoms with van der Waals surface area (Å²) in [6.07, 6.45) is 5.49. The fraction of sp³-hybridized carbons (Fsp3) is 0.500. The van der Waals surface area contributed by atoms with Gasteiger partial charge in [-0.25, -0.2) is 9.78 Å². The molecule has 3 amide bonds. The zero-order valence-electron chi connectivity index (χ0n) is 14.4. The van der Waals surface area contributed by atoms with Gasteiger partial charge < -0.3 is 19.5 Å². The monoisotopic (exact) mass is 341 g/mol. The maximum atomic E-state index is 12.9. The molecular weight excluding hydrogens is 318 g/mol. The Kier molecular flexibility index (Phi) is 4.07. The minimum absolute atomic E-state index is 0.00506. The van der Waals surface area contributed by atoms with Crippen LogP contribution in [0.2, 0.25) is 0 Å². The number of carbonyl (C=O) groups excluding carboxylic acids is 2. The SMILES string of the molecule is Cc1ccn2cnc(C(=O)N3CCC(CN4CCNC4=O)CC3)c2c1. The fourth-order valence-corrected chi connectivity index (χ4v) is 3.72. The molecule has 2 fully saturated rings. The molecule has 2 aromatic heterocycles. The highest BCUT2D eigenvalue weighted by atomic mass is 16.2. The summed E-state index contributed by atoms with van der Waals surface area (Å²) in [5.41, 5.74) is 2.51. The normalized spacial score (nSPS) is 18.8. The first kappa shape index (κ1) is 15.9. The Bertz CT molecular complexity index is 807. The molecular formula is C18H23N5O2. The van der Waals surface area contributed by atoms with Gasteiger partial charge in [-0.2, -0.15) is 0 Å². The van der Waals surface area contributed by atoms with Gasteiger partial charge in [-0.1, -0.05) is 0 Å². The minimum atomic E-state index is 0.00506. The fourth-order valence-electron chi connectivity index (χ4n) is 3.72. The molecule has 132 valence electrons. The maximum absolute atomic E-state index is 12.9. The molecule has 7 nitrogen and oxygen atoms in total. The molecule has 0 saturated carbocycles. The van der Waals surface area contributed by atoms with Crippen molar-refractivity contribution in [1.82, 2.24) is 24.5 Å². The van der Waals surface area contributed by atoms with E-state index in [1.165, 1.54) is 0 Å². The summed E-state index contributed by atoms with van der Waals surface area (Å²) >= 11 is 0. The van der Waals surface area contributed by atoms with E-state index in [4.69, 9.17) is 0 Å². The van der Waals surface area contributed by atoms with Gasteiger partial charge in [0.15, 0.2) is 5.69 Å². The van der Waals surface area contributed by atoms with Crippen LogP contribution in [-0.2, 0) is 0 Å². The van der Waals surface area contributed by atoms with E-state index in [-0.39, 0.29) is 11.9 Å². The lowest BCUT2D eigenvalue weighted by atomic mass is 9.96. The highest BCUT2D eigenvalue weighted by molar-refractivity contribution is 5.99. The van der Waals surface area contributed by atoms with Crippen molar-refractivity contribution >= 4 is 17.5 Å². The molecule has 0 spiro atoms. The van der Waals surface area contributed by atoms with Crippen LogP contribution in [0.3, 0.4) is 0 Å². The number of urea groups is 1. The average Bonchev–Trinajstić information content (AvgIpc) is 3.21. The van der Waals surface area contributed by atoms with Crippen LogP contribution in [0.15, 0.2) is 24.7 Å². The van der Waals surface area contributed by atoms with E-state index >= 15 is 0 Å². The molecule has 4 heterocycles. The van der Waals surface area contributed by atoms with Gasteiger partial charge in [-0.15, -0.1) is 0 Å². The molecule has 2 aromatic rings. The predicted octanol–water partition coefficient (Wildman–Crippen LogP) is 1.52. The van der Waals surface area contributed by atoms with Crippen molar-refractivity contribution in [1.29, 1.82) is 0 Å². The number of aryl methyl sites for hydroxylation is 1. The highest BCUT2D eigenvalue weighted by Gasteiger charge is 2.29. The highest BCUT2D eigenvalue weighted by Crippen LogP contribution is 2.22. The standard InChI is InChI=1S/C18H23N5O2/c1-13-2-6-23-12-20-16(15(23)10-13)17(24)21-7-3-14(4-8-21)11-22-9-5-19-18(22)25/h2,6,10,12,14H,3-5,7-9,11H2,1H3,(H,19,25). The Morgan fingerprint density at radius 3 is 2.84 bits per heavy atom. The van der Waals surface area contributed by atoms with E-state index in [1.54, 1.807) is 6.33 Å². The van der Waals surface area contributed by atoms with E-state index in [1.807, 2.05) is 39.5 Å². The molecule has 0 aliphatic carbocycles. The van der Waals surface area contributed by atoms with E-state index in [0.29, 0.717) is 11.6 Å². The summed E-state index contributed by atoms with van der Waals surface area (Å²) in [5.74, 6) is 0.472. The van der Waals surface area contributed by atoms with Gasteiger partial charge in [0.05, 0.1) is 5.52 Å². The quantitative estimate of drug-likeness (QED) is 0.920. The third-order valence-electron chi connectivity index (χ3n) is 5.22. The van der Waals surface area contributed by atoms with Gasteiger partial charge in [0.25, 0.3) is 5.91 Å². The predicted molar refractivity (Wildman–Crippen MR) is 93.5 cm³/mol. The molecule has 2 aliphatic heterocycles. The van der Waals surface area contributed by atoms with Crippen LogP contribution in [0.4, 0.5) is 4.79 Å². The van der Waals surface area contributed by atoms with Crippen LogP contribution in [0.1, 0.15) is 28.9 Å². The Hall–Kier alpha value is -2.57. The molecule has 0 atom stereocenters. The summed E-state index contributed by atoms with van der Waals surface area (Å²) in [7, 11) is 0. The first-order valence-electron chi connectivity index (χ1n) is 8.87. The number of likely N-dealkylation sites (tertiary alicyclic amines) is 1. The van der Waals surface area contributed by atoms with Gasteiger partial charge in [-0.3, -0.25) is 4.79 Å². The van der Waals surface area contributed by atoms with Gasteiger partial charge in [0.1, 0.15) is 6.33 Å². The molecule has 2 saturated heterocycles. The summed E-state index contributed by atoms with van der Waals surface area (Å²) in [5, 5.41) is 2.84. The number of pyridine rings is 1. The molecule has 0 unspecified atom stereocenters. The molecule has 7 heteroatoms. The number of piperidine rings is 1. The van der Waals surface area contributed by atoms with E-state index in [0.717, 1.165) is 56.6 Å². The second-order valence-electron chi connectivity index (χ2n) is 7.00. The van der Waals surface area contributed by atoms with E-state index in [9.17, 15) is 9.59 Å². The maximum Gasteiger partial charge on any atom is 0.317 e. The average molecular weight is 341 g/mol. The zero-order chi connectivity index (χ0) is 17.4. The summed E-state index contributed by atoms with van der Waals surface area (Å²) in [6.45, 7) is 5.79. The largest absolute Gasteiger partial charge is 0.337 e. The second-order valence-corrected chi connectivity index (χ2v) is 7.00. The Balaban J connectivity index is 1.40. The number of amides is 3. The number of rotatable bonds is 3. The van der Waals surface area contributed by atoms with Crippen LogP contribution in [-0.4, -0.2) is 63.8 Å². The third kappa shape index (κ3) is 3.06. The van der Waals surface area contributed by atoms with Crippen molar-refractivity contribution in [3.63, 3.8) is 0 Å². The van der Waals surface area contributed by atoms with Crippen LogP contribution < -0.4 is 5.32 Å². The summed E-state index contributed by atoms with van der Waals surface area (Å²) in [4.78, 5) is 32.6. The van der Waals surface area contributed by atoms with Crippen molar-refractivity contribution in [2.45, 2.75) is 19.8 Å². The minimum Gasteiger partial charge on any atom is -0.337 e. The number of nitrogens with one attached hydrogen (secondary N) is 1. The van der Waals surface area contributed by atoms with Gasteiger partial charge in [0, 0.05) is 38.9 Å². The van der Waals surface area contributed by atoms with Crippen LogP contribution >= 0.6 is 0 Å². The number of aromatic nitrogens is 2. The lowest BCUT2D eigenvalue weighted by molar-refractivity contribution is 0.0674. The van der Waals surface area contributed by atoms with Crippen molar-refractivity contribution in [3.8, 4) is 0 Å². The first-order valence-corrected chi connectivity index (χ1v) is 8.87. The smallest absolute Gasteiger partial charge is 0.317 e. The summed E-state index contributed by atoms with van der Waals surface area (Å²) < 4.78 is 1.89. The molecule has 0 aromatic carbocycles. The Morgan fingerprint density at radius 1 is 1.32 bits per heavy atom. The van der Waals surface area contributed by atoms with E-state index < -0.39 is 0 Å². The number of carbonyl (C=O) groups is 2. The third-order valence-corrected chi connectivity index (χ3v) is 5.22. The second kappa shape index (κ2) is 6.38. The van der Waals surface area contributed by atoms with Crippen molar-refractivity contribution in [3.05, 3.63) is 35.9 Å². The van der Waals surface area contributed by atoms with Crippen molar-refractivity contribution < 1.29 is 9.59 Å². The molecule has 1 N–H and O–H groups in total. The number of hydrogen-bond donors (Lipinski definition) is 1. The lowest BCUT2D eigenvalue weighted by Crippen LogP contribution is -2.42. The topological polar surface area (TPSA) is 70.0 Å². The Morgan fingerprint density at radius 2 is 2.12 bits per heavy atom. The number of imidazole rings is 1. The molecule has 25 heavy (non-hydrogen) atoms. The Labute approximate surface area is 146 Å². The molecule has 0 radical (unpaired) electrons. The zero-order valence-corrected chi connectivity index (χ0v) is 14.4. The van der Waals surface area contributed by atoms with Crippen molar-refractivity contribution in [2.24, 2.45) is 5.92 Å². The van der Waals surface area contributed by atoms with Gasteiger partial charge in [0.2, 0.25) is 0 Å². The number of hydrogen-bond acceptors (Lipinski definition) is 3. The molecule has 2 aliphatic rings. The number of nitrogens with zero attached hydrogens (tertiary/aromatic N) is 4. The molecule has 4 rings (SSSR count). The number of fused-ring (bicyclic) bond motifs is 1. The molecule has 0 bridgehead atoms. The van der Waals surface area contributed by atoms with Crippen LogP contribution in [0.25, 0.3) is 5.52 Å².